The van der Waals surface area contributed by atoms with Crippen molar-refractivity contribution in [2.24, 2.45) is 0 Å². The number of aliphatic carboxylic acids is 1. The van der Waals surface area contributed by atoms with E-state index in [-0.39, 0.29) is 10.2 Å². The molecule has 1 N–H and O–H groups in total. The maximum atomic E-state index is 12.8. The molecule has 1 aliphatic rings. The Morgan fingerprint density at radius 2 is 1.80 bits per heavy atom. The average Bonchev–Trinajstić information content (AvgIpc) is 2.86. The van der Waals surface area contributed by atoms with Crippen LogP contribution in [0.15, 0.2) is 59.5 Å². The lowest BCUT2D eigenvalue weighted by atomic mass is 10.1. The molecule has 1 heterocycles. The zero-order chi connectivity index (χ0) is 18.0. The summed E-state index contributed by atoms with van der Waals surface area (Å²) in [5, 5.41) is 9.66. The van der Waals surface area contributed by atoms with Gasteiger partial charge < -0.3 is 5.11 Å². The van der Waals surface area contributed by atoms with E-state index in [0.29, 0.717) is 10.5 Å². The maximum Gasteiger partial charge on any atom is 0.331 e. The predicted molar refractivity (Wildman–Crippen MR) is 103 cm³/mol. The second-order valence-electron chi connectivity index (χ2n) is 5.56. The minimum absolute atomic E-state index is 0.251. The average molecular weight is 369 g/mol. The summed E-state index contributed by atoms with van der Waals surface area (Å²) < 4.78 is 0.251. The summed E-state index contributed by atoms with van der Waals surface area (Å²) in [6.07, 6.45) is 1.76. The van der Waals surface area contributed by atoms with E-state index >= 15 is 0 Å². The Kier molecular flexibility index (Phi) is 5.01. The lowest BCUT2D eigenvalue weighted by Gasteiger charge is -2.23. The van der Waals surface area contributed by atoms with Gasteiger partial charge in [-0.3, -0.25) is 9.69 Å². The number of nitrogens with zero attached hydrogens (tertiary/aromatic N) is 1. The van der Waals surface area contributed by atoms with Gasteiger partial charge in [0.15, 0.2) is 6.04 Å². The van der Waals surface area contributed by atoms with Crippen LogP contribution in [0.4, 0.5) is 0 Å². The number of carboxylic acid groups (broad SMARTS) is 1. The number of amides is 1. The number of carbonyl (C=O) groups excluding carboxylic acids is 1. The highest BCUT2D eigenvalue weighted by atomic mass is 32.2. The van der Waals surface area contributed by atoms with Crippen molar-refractivity contribution in [1.82, 2.24) is 4.90 Å². The molecule has 2 aromatic carbocycles. The molecule has 4 nitrogen and oxygen atoms in total. The molecule has 0 aliphatic carbocycles. The summed E-state index contributed by atoms with van der Waals surface area (Å²) >= 11 is 6.43. The number of thiocarbonyl (C=S) groups is 1. The summed E-state index contributed by atoms with van der Waals surface area (Å²) in [7, 11) is 0. The molecule has 1 atom stereocenters. The fourth-order valence-electron chi connectivity index (χ4n) is 2.63. The second kappa shape index (κ2) is 7.21. The van der Waals surface area contributed by atoms with Gasteiger partial charge in [-0.05, 0) is 29.7 Å². The Morgan fingerprint density at radius 3 is 2.44 bits per heavy atom. The summed E-state index contributed by atoms with van der Waals surface area (Å²) in [4.78, 5) is 26.3. The molecule has 2 aromatic rings. The Labute approximate surface area is 155 Å². The van der Waals surface area contributed by atoms with Gasteiger partial charge in [-0.1, -0.05) is 78.6 Å². The molecule has 0 radical (unpaired) electrons. The Bertz CT molecular complexity index is 877. The SMILES string of the molecule is Cc1ccccc1/C=C1\SC(=S)N([C@@H](C(=O)O)c2ccccc2)C1=O. The summed E-state index contributed by atoms with van der Waals surface area (Å²) in [5.74, 6) is -1.49. The number of thioether (sulfide) groups is 1. The van der Waals surface area contributed by atoms with Gasteiger partial charge in [-0.15, -0.1) is 0 Å². The molecular weight excluding hydrogens is 354 g/mol. The highest BCUT2D eigenvalue weighted by Crippen LogP contribution is 2.38. The lowest BCUT2D eigenvalue weighted by molar-refractivity contribution is -0.145. The molecule has 1 saturated heterocycles. The van der Waals surface area contributed by atoms with Crippen molar-refractivity contribution in [3.05, 3.63) is 76.2 Å². The van der Waals surface area contributed by atoms with Crippen LogP contribution in [0.3, 0.4) is 0 Å². The quantitative estimate of drug-likeness (QED) is 0.651. The topological polar surface area (TPSA) is 57.6 Å². The molecule has 0 saturated carbocycles. The zero-order valence-corrected chi connectivity index (χ0v) is 15.0. The van der Waals surface area contributed by atoms with Gasteiger partial charge in [0.1, 0.15) is 4.32 Å². The van der Waals surface area contributed by atoms with Crippen LogP contribution >= 0.6 is 24.0 Å². The second-order valence-corrected chi connectivity index (χ2v) is 7.24. The zero-order valence-electron chi connectivity index (χ0n) is 13.4. The molecule has 1 amide bonds. The first-order chi connectivity index (χ1) is 12.0. The number of carbonyl (C=O) groups is 2. The molecule has 1 fully saturated rings. The lowest BCUT2D eigenvalue weighted by Crippen LogP contribution is -2.37. The third-order valence-corrected chi connectivity index (χ3v) is 5.24. The molecule has 0 aromatic heterocycles. The minimum atomic E-state index is -1.13. The number of hydrogen-bond acceptors (Lipinski definition) is 4. The summed E-state index contributed by atoms with van der Waals surface area (Å²) in [5.41, 5.74) is 2.46. The Morgan fingerprint density at radius 1 is 1.16 bits per heavy atom. The Balaban J connectivity index is 1.98. The summed E-state index contributed by atoms with van der Waals surface area (Å²) in [6, 6.07) is 15.2. The molecule has 126 valence electrons. The predicted octanol–water partition coefficient (Wildman–Crippen LogP) is 4.02. The highest BCUT2D eigenvalue weighted by molar-refractivity contribution is 8.26. The molecule has 0 spiro atoms. The molecule has 0 bridgehead atoms. The van der Waals surface area contributed by atoms with Crippen LogP contribution < -0.4 is 0 Å². The van der Waals surface area contributed by atoms with Crippen LogP contribution in [0.1, 0.15) is 22.7 Å². The first-order valence-electron chi connectivity index (χ1n) is 7.59. The van der Waals surface area contributed by atoms with Crippen LogP contribution in [0, 0.1) is 6.92 Å². The normalized spacial score (nSPS) is 17.2. The molecule has 6 heteroatoms. The largest absolute Gasteiger partial charge is 0.479 e. The Hall–Kier alpha value is -2.44. The van der Waals surface area contributed by atoms with E-state index in [2.05, 4.69) is 0 Å². The fraction of sp³-hybridized carbons (Fsp3) is 0.105. The molecule has 1 aliphatic heterocycles. The monoisotopic (exact) mass is 369 g/mol. The van der Waals surface area contributed by atoms with Gasteiger partial charge in [0.2, 0.25) is 0 Å². The number of benzene rings is 2. The van der Waals surface area contributed by atoms with Crippen LogP contribution in [-0.4, -0.2) is 26.2 Å². The van der Waals surface area contributed by atoms with Crippen molar-refractivity contribution in [3.8, 4) is 0 Å². The van der Waals surface area contributed by atoms with Crippen molar-refractivity contribution < 1.29 is 14.7 Å². The van der Waals surface area contributed by atoms with E-state index < -0.39 is 12.0 Å². The van der Waals surface area contributed by atoms with Crippen LogP contribution in [-0.2, 0) is 9.59 Å². The first kappa shape index (κ1) is 17.4. The van der Waals surface area contributed by atoms with E-state index in [1.54, 1.807) is 36.4 Å². The van der Waals surface area contributed by atoms with Crippen molar-refractivity contribution >= 4 is 46.3 Å². The molecule has 0 unspecified atom stereocenters. The van der Waals surface area contributed by atoms with Gasteiger partial charge in [0.25, 0.3) is 5.91 Å². The molecule has 25 heavy (non-hydrogen) atoms. The first-order valence-corrected chi connectivity index (χ1v) is 8.82. The van der Waals surface area contributed by atoms with E-state index in [4.69, 9.17) is 12.2 Å². The highest BCUT2D eigenvalue weighted by Gasteiger charge is 2.41. The van der Waals surface area contributed by atoms with Crippen molar-refractivity contribution in [2.45, 2.75) is 13.0 Å². The number of rotatable bonds is 4. The molecule has 3 rings (SSSR count). The fourth-order valence-corrected chi connectivity index (χ4v) is 3.93. The van der Waals surface area contributed by atoms with Gasteiger partial charge in [0, 0.05) is 0 Å². The van der Waals surface area contributed by atoms with Gasteiger partial charge >= 0.3 is 5.97 Å². The van der Waals surface area contributed by atoms with Crippen LogP contribution in [0.25, 0.3) is 6.08 Å². The number of hydrogen-bond donors (Lipinski definition) is 1. The van der Waals surface area contributed by atoms with Crippen molar-refractivity contribution in [1.29, 1.82) is 0 Å². The van der Waals surface area contributed by atoms with Gasteiger partial charge in [-0.25, -0.2) is 4.79 Å². The van der Waals surface area contributed by atoms with E-state index in [0.717, 1.165) is 22.9 Å². The van der Waals surface area contributed by atoms with Crippen molar-refractivity contribution in [3.63, 3.8) is 0 Å². The smallest absolute Gasteiger partial charge is 0.331 e. The van der Waals surface area contributed by atoms with E-state index in [1.807, 2.05) is 31.2 Å². The maximum absolute atomic E-state index is 12.8. The number of aryl methyl sites for hydroxylation is 1. The van der Waals surface area contributed by atoms with Gasteiger partial charge in [-0.2, -0.15) is 0 Å². The number of carboxylic acids is 1. The standard InChI is InChI=1S/C19H15NO3S2/c1-12-7-5-6-10-14(12)11-15-17(21)20(19(24)25-15)16(18(22)23)13-8-3-2-4-9-13/h2-11,16H,1H3,(H,22,23)/b15-11-/t16-/m1/s1. The third kappa shape index (κ3) is 3.50. The van der Waals surface area contributed by atoms with Gasteiger partial charge in [0.05, 0.1) is 4.91 Å². The van der Waals surface area contributed by atoms with Crippen LogP contribution in [0.5, 0.6) is 0 Å². The minimum Gasteiger partial charge on any atom is -0.479 e. The third-order valence-electron chi connectivity index (χ3n) is 3.91. The van der Waals surface area contributed by atoms with Crippen molar-refractivity contribution in [2.75, 3.05) is 0 Å². The van der Waals surface area contributed by atoms with E-state index in [9.17, 15) is 14.7 Å². The molecular formula is C19H15NO3S2. The summed E-state index contributed by atoms with van der Waals surface area (Å²) in [6.45, 7) is 1.95. The van der Waals surface area contributed by atoms with Crippen LogP contribution in [0.2, 0.25) is 0 Å². The van der Waals surface area contributed by atoms with E-state index in [1.165, 1.54) is 4.90 Å².